The third kappa shape index (κ3) is 2.38. The lowest BCUT2D eigenvalue weighted by Crippen LogP contribution is -2.61. The Labute approximate surface area is 146 Å². The molecule has 1 atom stereocenters. The number of piperidine rings is 1. The van der Waals surface area contributed by atoms with Gasteiger partial charge in [0.1, 0.15) is 6.04 Å². The van der Waals surface area contributed by atoms with Gasteiger partial charge < -0.3 is 5.32 Å². The maximum atomic E-state index is 13.7. The number of fused-ring (bicyclic) bond motifs is 1. The van der Waals surface area contributed by atoms with Gasteiger partial charge in [-0.25, -0.2) is 0 Å². The van der Waals surface area contributed by atoms with E-state index in [1.165, 1.54) is 11.4 Å². The van der Waals surface area contributed by atoms with E-state index in [-0.39, 0.29) is 17.2 Å². The molecule has 4 rings (SSSR count). The Hall–Kier alpha value is -2.84. The number of hydrogen-bond acceptors (Lipinski definition) is 5. The number of imide groups is 2. The number of nitrogens with one attached hydrogen (secondary N) is 2. The maximum Gasteiger partial charge on any atom is 0.327 e. The van der Waals surface area contributed by atoms with Crippen LogP contribution in [0.5, 0.6) is 0 Å². The summed E-state index contributed by atoms with van der Waals surface area (Å²) in [6, 6.07) is 3.12. The predicted octanol–water partition coefficient (Wildman–Crippen LogP) is 1.30. The number of halogens is 2. The fraction of sp³-hybridized carbons (Fsp3) is 0.412. The van der Waals surface area contributed by atoms with Gasteiger partial charge in [-0.05, 0) is 31.4 Å². The van der Waals surface area contributed by atoms with Crippen LogP contribution in [0.2, 0.25) is 0 Å². The lowest BCUT2D eigenvalue weighted by Gasteiger charge is -2.32. The average molecular weight is 363 g/mol. The Morgan fingerprint density at radius 2 is 1.85 bits per heavy atom. The van der Waals surface area contributed by atoms with Gasteiger partial charge in [-0.15, -0.1) is 0 Å². The summed E-state index contributed by atoms with van der Waals surface area (Å²) in [6.07, 6.45) is 1.73. The molecule has 1 aliphatic carbocycles. The van der Waals surface area contributed by atoms with Gasteiger partial charge in [-0.3, -0.25) is 29.4 Å². The highest BCUT2D eigenvalue weighted by molar-refractivity contribution is 6.25. The number of carbonyl (C=O) groups excluding carboxylic acids is 4. The first-order valence-corrected chi connectivity index (χ1v) is 8.30. The fourth-order valence-corrected chi connectivity index (χ4v) is 3.40. The van der Waals surface area contributed by atoms with E-state index in [9.17, 15) is 28.0 Å². The molecule has 136 valence electrons. The highest BCUT2D eigenvalue weighted by atomic mass is 19.3. The number of hydrogen-bond donors (Lipinski definition) is 2. The quantitative estimate of drug-likeness (QED) is 0.790. The van der Waals surface area contributed by atoms with Crippen LogP contribution in [0, 0.1) is 0 Å². The van der Waals surface area contributed by atoms with E-state index in [0.29, 0.717) is 10.6 Å². The molecule has 0 radical (unpaired) electrons. The minimum Gasteiger partial charge on any atom is -0.382 e. The van der Waals surface area contributed by atoms with Gasteiger partial charge in [0.05, 0.1) is 17.5 Å². The molecule has 0 aromatic heterocycles. The standard InChI is InChI=1S/C17H15F2N3O4/c18-17(19)7-11(13(23)21-16(17)26)22-14(24)9-5-2-6-10(12(9)15(22)25)20-8-3-1-4-8/h2,5-6,8,11,20H,1,3-4,7H2,(H,21,23,26). The van der Waals surface area contributed by atoms with Gasteiger partial charge in [0, 0.05) is 11.7 Å². The molecule has 0 bridgehead atoms. The zero-order valence-electron chi connectivity index (χ0n) is 13.6. The van der Waals surface area contributed by atoms with Crippen LogP contribution in [0.4, 0.5) is 14.5 Å². The Kier molecular flexibility index (Phi) is 3.57. The molecular weight excluding hydrogens is 348 g/mol. The molecule has 1 aromatic rings. The number of carbonyl (C=O) groups is 4. The summed E-state index contributed by atoms with van der Waals surface area (Å²) in [6.45, 7) is 0. The summed E-state index contributed by atoms with van der Waals surface area (Å²) in [5.41, 5.74) is 0.594. The fourth-order valence-electron chi connectivity index (χ4n) is 3.40. The van der Waals surface area contributed by atoms with Crippen LogP contribution in [0.25, 0.3) is 0 Å². The van der Waals surface area contributed by atoms with Crippen LogP contribution in [-0.2, 0) is 9.59 Å². The van der Waals surface area contributed by atoms with Crippen molar-refractivity contribution >= 4 is 29.3 Å². The molecule has 9 heteroatoms. The van der Waals surface area contributed by atoms with Crippen molar-refractivity contribution in [2.75, 3.05) is 5.32 Å². The first-order valence-electron chi connectivity index (χ1n) is 8.30. The van der Waals surface area contributed by atoms with Crippen molar-refractivity contribution in [3.63, 3.8) is 0 Å². The Morgan fingerprint density at radius 3 is 2.50 bits per heavy atom. The lowest BCUT2D eigenvalue weighted by atomic mass is 9.92. The summed E-state index contributed by atoms with van der Waals surface area (Å²) in [5, 5.41) is 4.73. The van der Waals surface area contributed by atoms with E-state index in [2.05, 4.69) is 5.32 Å². The summed E-state index contributed by atoms with van der Waals surface area (Å²) in [7, 11) is 0. The van der Waals surface area contributed by atoms with E-state index >= 15 is 0 Å². The first kappa shape index (κ1) is 16.6. The molecule has 26 heavy (non-hydrogen) atoms. The third-order valence-corrected chi connectivity index (χ3v) is 5.04. The molecule has 1 saturated heterocycles. The number of anilines is 1. The molecular formula is C17H15F2N3O4. The molecule has 2 aliphatic heterocycles. The number of amides is 4. The molecule has 2 N–H and O–H groups in total. The van der Waals surface area contributed by atoms with Gasteiger partial charge in [-0.2, -0.15) is 8.78 Å². The number of rotatable bonds is 3. The van der Waals surface area contributed by atoms with Crippen LogP contribution >= 0.6 is 0 Å². The van der Waals surface area contributed by atoms with Crippen molar-refractivity contribution in [3.05, 3.63) is 29.3 Å². The number of benzene rings is 1. The van der Waals surface area contributed by atoms with Crippen LogP contribution in [0.15, 0.2) is 18.2 Å². The number of nitrogens with zero attached hydrogens (tertiary/aromatic N) is 1. The lowest BCUT2D eigenvalue weighted by molar-refractivity contribution is -0.159. The van der Waals surface area contributed by atoms with Crippen LogP contribution in [-0.4, -0.2) is 46.5 Å². The van der Waals surface area contributed by atoms with E-state index in [1.54, 1.807) is 12.1 Å². The highest BCUT2D eigenvalue weighted by Gasteiger charge is 2.54. The largest absolute Gasteiger partial charge is 0.382 e. The second kappa shape index (κ2) is 5.58. The minimum atomic E-state index is -3.83. The molecule has 4 amide bonds. The van der Waals surface area contributed by atoms with Gasteiger partial charge in [0.25, 0.3) is 17.7 Å². The molecule has 7 nitrogen and oxygen atoms in total. The van der Waals surface area contributed by atoms with E-state index in [4.69, 9.17) is 0 Å². The molecule has 1 unspecified atom stereocenters. The first-order chi connectivity index (χ1) is 12.3. The average Bonchev–Trinajstić information content (AvgIpc) is 2.80. The second-order valence-corrected chi connectivity index (χ2v) is 6.72. The smallest absolute Gasteiger partial charge is 0.327 e. The summed E-state index contributed by atoms with van der Waals surface area (Å²) in [5.74, 6) is -8.25. The summed E-state index contributed by atoms with van der Waals surface area (Å²) in [4.78, 5) is 49.2. The SMILES string of the molecule is O=C1NC(=O)C(F)(F)CC1N1C(=O)c2cccc(NC3CCC3)c2C1=O. The van der Waals surface area contributed by atoms with E-state index in [0.717, 1.165) is 19.3 Å². The molecule has 2 fully saturated rings. The van der Waals surface area contributed by atoms with Crippen molar-refractivity contribution in [2.45, 2.75) is 43.7 Å². The second-order valence-electron chi connectivity index (χ2n) is 6.72. The monoisotopic (exact) mass is 363 g/mol. The van der Waals surface area contributed by atoms with Gasteiger partial charge in [0.2, 0.25) is 5.91 Å². The Balaban J connectivity index is 1.68. The van der Waals surface area contributed by atoms with Crippen LogP contribution < -0.4 is 10.6 Å². The molecule has 0 spiro atoms. The molecule has 2 heterocycles. The molecule has 3 aliphatic rings. The van der Waals surface area contributed by atoms with Crippen molar-refractivity contribution in [2.24, 2.45) is 0 Å². The minimum absolute atomic E-state index is 0.0624. The third-order valence-electron chi connectivity index (χ3n) is 5.04. The van der Waals surface area contributed by atoms with Gasteiger partial charge in [-0.1, -0.05) is 6.07 Å². The Morgan fingerprint density at radius 1 is 1.12 bits per heavy atom. The maximum absolute atomic E-state index is 13.7. The van der Waals surface area contributed by atoms with Crippen LogP contribution in [0.1, 0.15) is 46.4 Å². The van der Waals surface area contributed by atoms with Crippen molar-refractivity contribution in [3.8, 4) is 0 Å². The highest BCUT2D eigenvalue weighted by Crippen LogP contribution is 2.36. The zero-order chi connectivity index (χ0) is 18.6. The number of alkyl halides is 2. The zero-order valence-corrected chi connectivity index (χ0v) is 13.6. The normalized spacial score (nSPS) is 25.0. The summed E-state index contributed by atoms with van der Waals surface area (Å²) >= 11 is 0. The van der Waals surface area contributed by atoms with Gasteiger partial charge in [0.15, 0.2) is 0 Å². The van der Waals surface area contributed by atoms with Crippen molar-refractivity contribution in [1.82, 2.24) is 10.2 Å². The molecule has 1 saturated carbocycles. The van der Waals surface area contributed by atoms with E-state index in [1.807, 2.05) is 0 Å². The van der Waals surface area contributed by atoms with Gasteiger partial charge >= 0.3 is 5.92 Å². The van der Waals surface area contributed by atoms with Crippen LogP contribution in [0.3, 0.4) is 0 Å². The molecule has 1 aromatic carbocycles. The Bertz CT molecular complexity index is 850. The topological polar surface area (TPSA) is 95.6 Å². The van der Waals surface area contributed by atoms with Crippen molar-refractivity contribution in [1.29, 1.82) is 0 Å². The summed E-state index contributed by atoms with van der Waals surface area (Å²) < 4.78 is 27.5. The van der Waals surface area contributed by atoms with E-state index < -0.39 is 42.0 Å². The van der Waals surface area contributed by atoms with Crippen molar-refractivity contribution < 1.29 is 28.0 Å². The predicted molar refractivity (Wildman–Crippen MR) is 84.7 cm³/mol.